The molecule has 2 aromatic rings. The predicted molar refractivity (Wildman–Crippen MR) is 118 cm³/mol. The van der Waals surface area contributed by atoms with Crippen molar-refractivity contribution in [1.29, 1.82) is 0 Å². The molecular weight excluding hydrogens is 384 g/mol. The molecule has 158 valence electrons. The van der Waals surface area contributed by atoms with Crippen LogP contribution in [0.5, 0.6) is 5.75 Å². The van der Waals surface area contributed by atoms with E-state index in [1.807, 2.05) is 13.0 Å². The second kappa shape index (κ2) is 10.1. The van der Waals surface area contributed by atoms with E-state index in [-0.39, 0.29) is 4.90 Å². The van der Waals surface area contributed by atoms with Crippen molar-refractivity contribution in [3.8, 4) is 5.75 Å². The summed E-state index contributed by atoms with van der Waals surface area (Å²) < 4.78 is 33.4. The zero-order valence-corrected chi connectivity index (χ0v) is 18.3. The molecule has 2 aromatic carbocycles. The van der Waals surface area contributed by atoms with Crippen molar-refractivity contribution in [2.24, 2.45) is 0 Å². The van der Waals surface area contributed by atoms with Gasteiger partial charge in [-0.05, 0) is 73.9 Å². The van der Waals surface area contributed by atoms with Crippen LogP contribution in [0.1, 0.15) is 43.7 Å². The summed E-state index contributed by atoms with van der Waals surface area (Å²) in [7, 11) is -2.10. The number of anilines is 1. The first-order valence-corrected chi connectivity index (χ1v) is 12.0. The number of benzene rings is 2. The summed E-state index contributed by atoms with van der Waals surface area (Å²) in [5.41, 5.74) is 3.49. The van der Waals surface area contributed by atoms with E-state index in [2.05, 4.69) is 33.9 Å². The van der Waals surface area contributed by atoms with Crippen molar-refractivity contribution >= 4 is 15.7 Å². The molecule has 3 rings (SSSR count). The number of aryl methyl sites for hydroxylation is 2. The molecule has 0 unspecified atom stereocenters. The number of piperidine rings is 1. The van der Waals surface area contributed by atoms with Gasteiger partial charge >= 0.3 is 0 Å². The van der Waals surface area contributed by atoms with E-state index in [9.17, 15) is 8.42 Å². The van der Waals surface area contributed by atoms with Crippen molar-refractivity contribution in [3.63, 3.8) is 0 Å². The first kappa shape index (κ1) is 21.7. The van der Waals surface area contributed by atoms with Crippen LogP contribution < -0.4 is 14.4 Å². The maximum atomic E-state index is 12.7. The molecule has 0 aromatic heterocycles. The number of nitrogens with zero attached hydrogens (tertiary/aromatic N) is 1. The minimum absolute atomic E-state index is 0.213. The fraction of sp³-hybridized carbons (Fsp3) is 0.478. The Balaban J connectivity index is 1.53. The van der Waals surface area contributed by atoms with Gasteiger partial charge in [0.25, 0.3) is 0 Å². The predicted octanol–water partition coefficient (Wildman–Crippen LogP) is 4.16. The molecule has 0 aliphatic carbocycles. The van der Waals surface area contributed by atoms with Crippen molar-refractivity contribution < 1.29 is 13.2 Å². The van der Waals surface area contributed by atoms with Crippen LogP contribution in [0.2, 0.25) is 0 Å². The average Bonchev–Trinajstić information content (AvgIpc) is 2.77. The van der Waals surface area contributed by atoms with Crippen LogP contribution >= 0.6 is 0 Å². The number of methoxy groups -OCH3 is 1. The molecule has 0 amide bonds. The molecule has 0 atom stereocenters. The Bertz CT molecular complexity index is 889. The van der Waals surface area contributed by atoms with Crippen LogP contribution in [-0.2, 0) is 22.9 Å². The molecule has 1 aliphatic rings. The first-order valence-electron chi connectivity index (χ1n) is 10.5. The lowest BCUT2D eigenvalue weighted by molar-refractivity contribution is 0.402. The number of sulfonamides is 1. The van der Waals surface area contributed by atoms with Gasteiger partial charge in [-0.3, -0.25) is 0 Å². The highest BCUT2D eigenvalue weighted by Gasteiger charge is 2.19. The van der Waals surface area contributed by atoms with Crippen LogP contribution in [0.3, 0.4) is 0 Å². The van der Waals surface area contributed by atoms with Gasteiger partial charge in [0.15, 0.2) is 0 Å². The van der Waals surface area contributed by atoms with Crippen molar-refractivity contribution in [3.05, 3.63) is 53.6 Å². The molecule has 1 heterocycles. The standard InChI is InChI=1S/C23H32N2O3S/c1-3-19-11-14-22(28-2)23(18-19)29(26,27)24-15-7-8-20-9-12-21(13-10-20)25-16-5-4-6-17-25/h9-14,18,24H,3-8,15-17H2,1-2H3. The molecule has 1 aliphatic heterocycles. The molecule has 0 saturated carbocycles. The van der Waals surface area contributed by atoms with Gasteiger partial charge in [-0.2, -0.15) is 0 Å². The van der Waals surface area contributed by atoms with Gasteiger partial charge in [-0.25, -0.2) is 13.1 Å². The topological polar surface area (TPSA) is 58.6 Å². The molecule has 1 saturated heterocycles. The van der Waals surface area contributed by atoms with Gasteiger partial charge in [-0.15, -0.1) is 0 Å². The van der Waals surface area contributed by atoms with E-state index in [4.69, 9.17) is 4.74 Å². The van der Waals surface area contributed by atoms with Crippen molar-refractivity contribution in [2.75, 3.05) is 31.6 Å². The van der Waals surface area contributed by atoms with E-state index >= 15 is 0 Å². The second-order valence-electron chi connectivity index (χ2n) is 7.55. The molecule has 6 heteroatoms. The maximum absolute atomic E-state index is 12.7. The van der Waals surface area contributed by atoms with Gasteiger partial charge < -0.3 is 9.64 Å². The minimum Gasteiger partial charge on any atom is -0.495 e. The van der Waals surface area contributed by atoms with Crippen LogP contribution in [0.25, 0.3) is 0 Å². The second-order valence-corrected chi connectivity index (χ2v) is 9.29. The summed E-state index contributed by atoms with van der Waals surface area (Å²) in [5.74, 6) is 0.378. The maximum Gasteiger partial charge on any atom is 0.244 e. The fourth-order valence-electron chi connectivity index (χ4n) is 3.75. The molecule has 29 heavy (non-hydrogen) atoms. The fourth-order valence-corrected chi connectivity index (χ4v) is 5.04. The smallest absolute Gasteiger partial charge is 0.244 e. The molecular formula is C23H32N2O3S. The molecule has 0 radical (unpaired) electrons. The van der Waals surface area contributed by atoms with Gasteiger partial charge in [0.05, 0.1) is 7.11 Å². The quantitative estimate of drug-likeness (QED) is 0.624. The van der Waals surface area contributed by atoms with Gasteiger partial charge in [-0.1, -0.05) is 25.1 Å². The molecule has 1 N–H and O–H groups in total. The van der Waals surface area contributed by atoms with Gasteiger partial charge in [0.1, 0.15) is 10.6 Å². The highest BCUT2D eigenvalue weighted by atomic mass is 32.2. The van der Waals surface area contributed by atoms with E-state index in [0.717, 1.165) is 37.9 Å². The van der Waals surface area contributed by atoms with Crippen LogP contribution in [0, 0.1) is 0 Å². The average molecular weight is 417 g/mol. The monoisotopic (exact) mass is 416 g/mol. The highest BCUT2D eigenvalue weighted by Crippen LogP contribution is 2.25. The normalized spacial score (nSPS) is 14.8. The van der Waals surface area contributed by atoms with E-state index in [1.165, 1.54) is 37.6 Å². The van der Waals surface area contributed by atoms with Crippen LogP contribution in [0.4, 0.5) is 5.69 Å². The third-order valence-corrected chi connectivity index (χ3v) is 7.00. The highest BCUT2D eigenvalue weighted by molar-refractivity contribution is 7.89. The Hall–Kier alpha value is -2.05. The van der Waals surface area contributed by atoms with E-state index in [0.29, 0.717) is 12.3 Å². The summed E-state index contributed by atoms with van der Waals surface area (Å²) in [4.78, 5) is 2.66. The third kappa shape index (κ3) is 5.73. The summed E-state index contributed by atoms with van der Waals surface area (Å²) in [6, 6.07) is 14.0. The number of rotatable bonds is 9. The Morgan fingerprint density at radius 2 is 1.69 bits per heavy atom. The number of ether oxygens (including phenoxy) is 1. The van der Waals surface area contributed by atoms with Gasteiger partial charge in [0, 0.05) is 25.3 Å². The van der Waals surface area contributed by atoms with E-state index in [1.54, 1.807) is 12.1 Å². The number of nitrogens with one attached hydrogen (secondary N) is 1. The minimum atomic E-state index is -3.59. The molecule has 1 fully saturated rings. The lowest BCUT2D eigenvalue weighted by atomic mass is 10.1. The molecule has 0 spiro atoms. The summed E-state index contributed by atoms with van der Waals surface area (Å²) in [6.07, 6.45) is 6.24. The SMILES string of the molecule is CCc1ccc(OC)c(S(=O)(=O)NCCCc2ccc(N3CCCCC3)cc2)c1. The number of hydrogen-bond donors (Lipinski definition) is 1. The lowest BCUT2D eigenvalue weighted by Crippen LogP contribution is -2.29. The summed E-state index contributed by atoms with van der Waals surface area (Å²) in [5, 5.41) is 0. The van der Waals surface area contributed by atoms with E-state index < -0.39 is 10.0 Å². The Morgan fingerprint density at radius 1 is 1.00 bits per heavy atom. The zero-order valence-electron chi connectivity index (χ0n) is 17.5. The third-order valence-electron chi connectivity index (χ3n) is 5.52. The van der Waals surface area contributed by atoms with Crippen LogP contribution in [-0.4, -0.2) is 35.2 Å². The Labute approximate surface area is 175 Å². The Kier molecular flexibility index (Phi) is 7.56. The van der Waals surface area contributed by atoms with Crippen LogP contribution in [0.15, 0.2) is 47.4 Å². The molecule has 5 nitrogen and oxygen atoms in total. The van der Waals surface area contributed by atoms with Crippen molar-refractivity contribution in [1.82, 2.24) is 4.72 Å². The zero-order chi connectivity index (χ0) is 20.7. The number of hydrogen-bond acceptors (Lipinski definition) is 4. The first-order chi connectivity index (χ1) is 14.0. The molecule has 0 bridgehead atoms. The Morgan fingerprint density at radius 3 is 2.34 bits per heavy atom. The lowest BCUT2D eigenvalue weighted by Gasteiger charge is -2.28. The summed E-state index contributed by atoms with van der Waals surface area (Å²) in [6.45, 7) is 4.69. The van der Waals surface area contributed by atoms with Gasteiger partial charge in [0.2, 0.25) is 10.0 Å². The summed E-state index contributed by atoms with van der Waals surface area (Å²) >= 11 is 0. The van der Waals surface area contributed by atoms with Crippen molar-refractivity contribution in [2.45, 2.75) is 50.3 Å². The largest absolute Gasteiger partial charge is 0.495 e.